The van der Waals surface area contributed by atoms with Crippen LogP contribution in [0.1, 0.15) is 36.9 Å². The monoisotopic (exact) mass is 368 g/mol. The Morgan fingerprint density at radius 3 is 2.58 bits per heavy atom. The van der Waals surface area contributed by atoms with E-state index in [0.29, 0.717) is 19.0 Å². The van der Waals surface area contributed by atoms with Crippen LogP contribution < -0.4 is 11.1 Å². The van der Waals surface area contributed by atoms with Crippen molar-refractivity contribution in [3.8, 4) is 0 Å². The van der Waals surface area contributed by atoms with Crippen molar-refractivity contribution >= 4 is 5.96 Å². The molecule has 1 aliphatic rings. The normalized spacial score (nSPS) is 22.3. The van der Waals surface area contributed by atoms with Crippen LogP contribution in [0.25, 0.3) is 0 Å². The van der Waals surface area contributed by atoms with Gasteiger partial charge in [-0.2, -0.15) is 13.2 Å². The molecule has 0 saturated carbocycles. The van der Waals surface area contributed by atoms with Gasteiger partial charge in [-0.3, -0.25) is 4.90 Å². The number of guanidine groups is 1. The minimum absolute atomic E-state index is 0.0486. The Hall–Kier alpha value is -2.02. The van der Waals surface area contributed by atoms with Crippen molar-refractivity contribution in [2.24, 2.45) is 16.6 Å². The zero-order valence-electron chi connectivity index (χ0n) is 15.3. The maximum atomic E-state index is 12.8. The molecule has 26 heavy (non-hydrogen) atoms. The number of nitrogens with one attached hydrogen (secondary N) is 1. The van der Waals surface area contributed by atoms with Crippen molar-refractivity contribution in [2.45, 2.75) is 32.0 Å². The Balaban J connectivity index is 2.10. The molecule has 2 unspecified atom stereocenters. The summed E-state index contributed by atoms with van der Waals surface area (Å²) in [5, 5.41) is 3.14. The standard InChI is InChI=1S/C19H27F3N4/c1-13(2)11-24-18(23)25-12-15-5-4-10-26(3)17(15)14-6-8-16(9-7-14)19(20,21)22/h6-9,15,17H,1,4-5,10-12H2,2-3H3,(H3,23,24,25). The first-order chi connectivity index (χ1) is 12.2. The van der Waals surface area contributed by atoms with Gasteiger partial charge in [0.15, 0.2) is 5.96 Å². The topological polar surface area (TPSA) is 53.6 Å². The summed E-state index contributed by atoms with van der Waals surface area (Å²) < 4.78 is 38.4. The fourth-order valence-electron chi connectivity index (χ4n) is 3.38. The number of hydrogen-bond donors (Lipinski definition) is 2. The third-order valence-electron chi connectivity index (χ3n) is 4.65. The van der Waals surface area contributed by atoms with E-state index >= 15 is 0 Å². The van der Waals surface area contributed by atoms with E-state index in [1.165, 1.54) is 0 Å². The fourth-order valence-corrected chi connectivity index (χ4v) is 3.38. The Kier molecular flexibility index (Phi) is 6.69. The lowest BCUT2D eigenvalue weighted by Gasteiger charge is -2.39. The van der Waals surface area contributed by atoms with E-state index in [0.717, 1.165) is 42.7 Å². The van der Waals surface area contributed by atoms with Gasteiger partial charge < -0.3 is 11.1 Å². The van der Waals surface area contributed by atoms with Gasteiger partial charge in [0.1, 0.15) is 0 Å². The number of hydrogen-bond acceptors (Lipinski definition) is 2. The Labute approximate surface area is 153 Å². The van der Waals surface area contributed by atoms with Crippen LogP contribution in [-0.4, -0.2) is 37.5 Å². The fraction of sp³-hybridized carbons (Fsp3) is 0.526. The van der Waals surface area contributed by atoms with Gasteiger partial charge in [-0.15, -0.1) is 0 Å². The predicted molar refractivity (Wildman–Crippen MR) is 98.8 cm³/mol. The lowest BCUT2D eigenvalue weighted by atomic mass is 9.84. The number of aliphatic imine (C=N–C) groups is 1. The SMILES string of the molecule is C=C(C)CN=C(N)NCC1CCCN(C)C1c1ccc(C(F)(F)F)cc1. The molecule has 1 heterocycles. The summed E-state index contributed by atoms with van der Waals surface area (Å²) in [7, 11) is 2.01. The number of likely N-dealkylation sites (tertiary alicyclic amines) is 1. The van der Waals surface area contributed by atoms with E-state index in [-0.39, 0.29) is 12.0 Å². The molecule has 2 rings (SSSR count). The lowest BCUT2D eigenvalue weighted by Crippen LogP contribution is -2.43. The molecule has 2 atom stereocenters. The Morgan fingerprint density at radius 2 is 2.00 bits per heavy atom. The second-order valence-electron chi connectivity index (χ2n) is 6.99. The van der Waals surface area contributed by atoms with E-state index in [2.05, 4.69) is 21.8 Å². The van der Waals surface area contributed by atoms with Crippen LogP contribution in [0.3, 0.4) is 0 Å². The quantitative estimate of drug-likeness (QED) is 0.475. The molecule has 1 aromatic carbocycles. The number of alkyl halides is 3. The van der Waals surface area contributed by atoms with Crippen LogP contribution in [0.2, 0.25) is 0 Å². The summed E-state index contributed by atoms with van der Waals surface area (Å²) in [4.78, 5) is 6.40. The second kappa shape index (κ2) is 8.58. The molecule has 0 aromatic heterocycles. The van der Waals surface area contributed by atoms with Gasteiger partial charge in [0, 0.05) is 12.6 Å². The number of halogens is 3. The zero-order chi connectivity index (χ0) is 19.3. The first-order valence-electron chi connectivity index (χ1n) is 8.74. The Bertz CT molecular complexity index is 637. The van der Waals surface area contributed by atoms with E-state index in [1.807, 2.05) is 14.0 Å². The molecule has 7 heteroatoms. The van der Waals surface area contributed by atoms with Crippen LogP contribution in [0, 0.1) is 5.92 Å². The maximum Gasteiger partial charge on any atom is 0.416 e. The minimum Gasteiger partial charge on any atom is -0.370 e. The average Bonchev–Trinajstić information content (AvgIpc) is 2.57. The minimum atomic E-state index is -4.31. The number of nitrogens with two attached hydrogens (primary N) is 1. The molecule has 1 aliphatic heterocycles. The first-order valence-corrected chi connectivity index (χ1v) is 8.74. The van der Waals surface area contributed by atoms with E-state index < -0.39 is 11.7 Å². The van der Waals surface area contributed by atoms with Gasteiger partial charge in [-0.05, 0) is 57.0 Å². The van der Waals surface area contributed by atoms with E-state index in [4.69, 9.17) is 5.73 Å². The third-order valence-corrected chi connectivity index (χ3v) is 4.65. The van der Waals surface area contributed by atoms with Crippen LogP contribution in [0.5, 0.6) is 0 Å². The summed E-state index contributed by atoms with van der Waals surface area (Å²) in [5.41, 5.74) is 7.08. The second-order valence-corrected chi connectivity index (χ2v) is 6.99. The molecule has 3 N–H and O–H groups in total. The van der Waals surface area contributed by atoms with Crippen molar-refractivity contribution in [3.05, 3.63) is 47.5 Å². The summed E-state index contributed by atoms with van der Waals surface area (Å²) in [5.74, 6) is 0.608. The van der Waals surface area contributed by atoms with Crippen molar-refractivity contribution in [1.29, 1.82) is 0 Å². The van der Waals surface area contributed by atoms with Gasteiger partial charge in [0.25, 0.3) is 0 Å². The van der Waals surface area contributed by atoms with Gasteiger partial charge in [0.2, 0.25) is 0 Å². The smallest absolute Gasteiger partial charge is 0.370 e. The van der Waals surface area contributed by atoms with Gasteiger partial charge in [-0.1, -0.05) is 24.3 Å². The van der Waals surface area contributed by atoms with Crippen molar-refractivity contribution in [3.63, 3.8) is 0 Å². The van der Waals surface area contributed by atoms with Crippen molar-refractivity contribution in [1.82, 2.24) is 10.2 Å². The zero-order valence-corrected chi connectivity index (χ0v) is 15.3. The van der Waals surface area contributed by atoms with E-state index in [1.54, 1.807) is 12.1 Å². The predicted octanol–water partition coefficient (Wildman–Crippen LogP) is 3.57. The van der Waals surface area contributed by atoms with Crippen LogP contribution >= 0.6 is 0 Å². The first kappa shape index (κ1) is 20.3. The average molecular weight is 368 g/mol. The highest BCUT2D eigenvalue weighted by Crippen LogP contribution is 2.36. The van der Waals surface area contributed by atoms with Crippen molar-refractivity contribution in [2.75, 3.05) is 26.7 Å². The van der Waals surface area contributed by atoms with Crippen LogP contribution in [-0.2, 0) is 6.18 Å². The molecule has 0 radical (unpaired) electrons. The molecular formula is C19H27F3N4. The highest BCUT2D eigenvalue weighted by molar-refractivity contribution is 5.77. The largest absolute Gasteiger partial charge is 0.416 e. The molecule has 1 saturated heterocycles. The Morgan fingerprint density at radius 1 is 1.35 bits per heavy atom. The van der Waals surface area contributed by atoms with Gasteiger partial charge >= 0.3 is 6.18 Å². The van der Waals surface area contributed by atoms with Gasteiger partial charge in [-0.25, -0.2) is 4.99 Å². The van der Waals surface area contributed by atoms with E-state index in [9.17, 15) is 13.2 Å². The summed E-state index contributed by atoms with van der Waals surface area (Å²) >= 11 is 0. The third kappa shape index (κ3) is 5.49. The van der Waals surface area contributed by atoms with Crippen molar-refractivity contribution < 1.29 is 13.2 Å². The molecule has 0 aliphatic carbocycles. The molecule has 0 amide bonds. The number of benzene rings is 1. The molecule has 1 aromatic rings. The number of rotatable bonds is 5. The summed E-state index contributed by atoms with van der Waals surface area (Å²) in [6.07, 6.45) is -2.29. The number of piperidine rings is 1. The summed E-state index contributed by atoms with van der Waals surface area (Å²) in [6.45, 7) is 7.69. The van der Waals surface area contributed by atoms with Gasteiger partial charge in [0.05, 0.1) is 12.1 Å². The molecular weight excluding hydrogens is 341 g/mol. The molecule has 1 fully saturated rings. The molecule has 0 spiro atoms. The highest BCUT2D eigenvalue weighted by atomic mass is 19.4. The summed E-state index contributed by atoms with van der Waals surface area (Å²) in [6, 6.07) is 5.53. The molecule has 0 bridgehead atoms. The maximum absolute atomic E-state index is 12.8. The molecule has 144 valence electrons. The lowest BCUT2D eigenvalue weighted by molar-refractivity contribution is -0.137. The molecule has 4 nitrogen and oxygen atoms in total. The van der Waals surface area contributed by atoms with Crippen LogP contribution in [0.15, 0.2) is 41.4 Å². The highest BCUT2D eigenvalue weighted by Gasteiger charge is 2.33. The number of nitrogens with zero attached hydrogens (tertiary/aromatic N) is 2. The van der Waals surface area contributed by atoms with Crippen LogP contribution in [0.4, 0.5) is 13.2 Å².